The third kappa shape index (κ3) is 3.22. The monoisotopic (exact) mass is 280 g/mol. The van der Waals surface area contributed by atoms with Gasteiger partial charge in [0.05, 0.1) is 12.2 Å². The second-order valence-corrected chi connectivity index (χ2v) is 4.77. The zero-order valence-electron chi connectivity index (χ0n) is 12.0. The number of benzene rings is 1. The SMILES string of the molecule is Cc1nccc(CNc2cccc(-c3n[nH]c(C)n3)c2)n1. The number of H-pyrrole nitrogens is 1. The van der Waals surface area contributed by atoms with E-state index in [1.807, 2.05) is 44.2 Å². The summed E-state index contributed by atoms with van der Waals surface area (Å²) in [6.07, 6.45) is 1.77. The minimum absolute atomic E-state index is 0.653. The summed E-state index contributed by atoms with van der Waals surface area (Å²) in [5.74, 6) is 2.29. The minimum Gasteiger partial charge on any atom is -0.379 e. The molecule has 0 unspecified atom stereocenters. The maximum Gasteiger partial charge on any atom is 0.181 e. The number of anilines is 1. The van der Waals surface area contributed by atoms with Crippen molar-refractivity contribution in [1.82, 2.24) is 25.1 Å². The molecule has 2 N–H and O–H groups in total. The molecule has 0 aliphatic carbocycles. The van der Waals surface area contributed by atoms with E-state index in [1.165, 1.54) is 0 Å². The topological polar surface area (TPSA) is 79.4 Å². The lowest BCUT2D eigenvalue weighted by Crippen LogP contribution is -2.03. The predicted octanol–water partition coefficient (Wildman–Crippen LogP) is 2.49. The van der Waals surface area contributed by atoms with Gasteiger partial charge < -0.3 is 5.32 Å². The van der Waals surface area contributed by atoms with Crippen molar-refractivity contribution in [2.24, 2.45) is 0 Å². The number of aryl methyl sites for hydroxylation is 2. The van der Waals surface area contributed by atoms with Gasteiger partial charge in [0.25, 0.3) is 0 Å². The van der Waals surface area contributed by atoms with Gasteiger partial charge in [-0.25, -0.2) is 15.0 Å². The molecule has 0 spiro atoms. The summed E-state index contributed by atoms with van der Waals surface area (Å²) < 4.78 is 0. The average molecular weight is 280 g/mol. The van der Waals surface area contributed by atoms with Crippen LogP contribution in [0.5, 0.6) is 0 Å². The Kier molecular flexibility index (Phi) is 3.59. The Balaban J connectivity index is 1.74. The Morgan fingerprint density at radius 3 is 2.81 bits per heavy atom. The van der Waals surface area contributed by atoms with E-state index in [9.17, 15) is 0 Å². The summed E-state index contributed by atoms with van der Waals surface area (Å²) in [5.41, 5.74) is 2.94. The molecule has 1 aromatic carbocycles. The zero-order chi connectivity index (χ0) is 14.7. The smallest absolute Gasteiger partial charge is 0.181 e. The standard InChI is InChI=1S/C15H16N6/c1-10-16-7-6-14(18-10)9-17-13-5-3-4-12(8-13)15-19-11(2)20-21-15/h3-8,17H,9H2,1-2H3,(H,19,20,21). The summed E-state index contributed by atoms with van der Waals surface area (Å²) >= 11 is 0. The van der Waals surface area contributed by atoms with E-state index in [0.29, 0.717) is 12.4 Å². The Morgan fingerprint density at radius 2 is 2.05 bits per heavy atom. The highest BCUT2D eigenvalue weighted by molar-refractivity contribution is 5.62. The third-order valence-corrected chi connectivity index (χ3v) is 3.03. The second-order valence-electron chi connectivity index (χ2n) is 4.77. The highest BCUT2D eigenvalue weighted by Gasteiger charge is 2.04. The predicted molar refractivity (Wildman–Crippen MR) is 80.7 cm³/mol. The van der Waals surface area contributed by atoms with Gasteiger partial charge in [-0.1, -0.05) is 12.1 Å². The van der Waals surface area contributed by atoms with E-state index < -0.39 is 0 Å². The minimum atomic E-state index is 0.653. The molecule has 0 saturated heterocycles. The van der Waals surface area contributed by atoms with E-state index in [-0.39, 0.29) is 0 Å². The van der Waals surface area contributed by atoms with Crippen molar-refractivity contribution >= 4 is 5.69 Å². The van der Waals surface area contributed by atoms with Gasteiger partial charge in [-0.05, 0) is 32.0 Å². The molecule has 0 radical (unpaired) electrons. The average Bonchev–Trinajstić information content (AvgIpc) is 2.92. The Morgan fingerprint density at radius 1 is 1.14 bits per heavy atom. The van der Waals surface area contributed by atoms with E-state index in [1.54, 1.807) is 6.20 Å². The highest BCUT2D eigenvalue weighted by atomic mass is 15.2. The van der Waals surface area contributed by atoms with Crippen molar-refractivity contribution in [3.8, 4) is 11.4 Å². The fourth-order valence-corrected chi connectivity index (χ4v) is 2.04. The van der Waals surface area contributed by atoms with Gasteiger partial charge >= 0.3 is 0 Å². The van der Waals surface area contributed by atoms with Crippen molar-refractivity contribution in [3.05, 3.63) is 53.9 Å². The molecule has 0 amide bonds. The molecule has 2 aromatic heterocycles. The van der Waals surface area contributed by atoms with Crippen molar-refractivity contribution in [2.45, 2.75) is 20.4 Å². The van der Waals surface area contributed by atoms with Gasteiger partial charge in [0, 0.05) is 17.4 Å². The largest absolute Gasteiger partial charge is 0.379 e. The first-order valence-electron chi connectivity index (χ1n) is 6.72. The first kappa shape index (κ1) is 13.2. The lowest BCUT2D eigenvalue weighted by atomic mass is 10.2. The van der Waals surface area contributed by atoms with Crippen LogP contribution in [0.3, 0.4) is 0 Å². The van der Waals surface area contributed by atoms with Crippen LogP contribution in [0.1, 0.15) is 17.3 Å². The van der Waals surface area contributed by atoms with Crippen molar-refractivity contribution in [3.63, 3.8) is 0 Å². The van der Waals surface area contributed by atoms with Gasteiger partial charge in [0.2, 0.25) is 0 Å². The van der Waals surface area contributed by atoms with Crippen LogP contribution < -0.4 is 5.32 Å². The first-order valence-corrected chi connectivity index (χ1v) is 6.72. The number of rotatable bonds is 4. The quantitative estimate of drug-likeness (QED) is 0.767. The van der Waals surface area contributed by atoms with Crippen LogP contribution in [0, 0.1) is 13.8 Å². The van der Waals surface area contributed by atoms with Crippen LogP contribution in [0.15, 0.2) is 36.5 Å². The Hall–Kier alpha value is -2.76. The van der Waals surface area contributed by atoms with Crippen LogP contribution in [0.2, 0.25) is 0 Å². The molecule has 0 aliphatic heterocycles. The molecule has 106 valence electrons. The molecule has 0 aliphatic rings. The zero-order valence-corrected chi connectivity index (χ0v) is 12.0. The van der Waals surface area contributed by atoms with Crippen molar-refractivity contribution in [2.75, 3.05) is 5.32 Å². The van der Waals surface area contributed by atoms with Crippen LogP contribution in [-0.2, 0) is 6.54 Å². The number of aromatic amines is 1. The van der Waals surface area contributed by atoms with Gasteiger partial charge in [-0.2, -0.15) is 5.10 Å². The van der Waals surface area contributed by atoms with Crippen LogP contribution in [0.4, 0.5) is 5.69 Å². The van der Waals surface area contributed by atoms with Crippen LogP contribution in [0.25, 0.3) is 11.4 Å². The Bertz CT molecular complexity index is 749. The molecule has 6 nitrogen and oxygen atoms in total. The highest BCUT2D eigenvalue weighted by Crippen LogP contribution is 2.19. The second kappa shape index (κ2) is 5.70. The van der Waals surface area contributed by atoms with Crippen molar-refractivity contribution in [1.29, 1.82) is 0 Å². The number of aromatic nitrogens is 5. The molecule has 21 heavy (non-hydrogen) atoms. The molecule has 0 atom stereocenters. The lowest BCUT2D eigenvalue weighted by molar-refractivity contribution is 0.955. The maximum absolute atomic E-state index is 4.37. The van der Waals surface area contributed by atoms with Gasteiger partial charge in [-0.3, -0.25) is 5.10 Å². The Labute approximate surface area is 122 Å². The normalized spacial score (nSPS) is 10.6. The number of hydrogen-bond acceptors (Lipinski definition) is 5. The molecule has 3 rings (SSSR count). The van der Waals surface area contributed by atoms with Crippen LogP contribution in [-0.4, -0.2) is 25.1 Å². The lowest BCUT2D eigenvalue weighted by Gasteiger charge is -2.07. The van der Waals surface area contributed by atoms with Crippen LogP contribution >= 0.6 is 0 Å². The molecular weight excluding hydrogens is 264 g/mol. The summed E-state index contributed by atoms with van der Waals surface area (Å²) in [5, 5.41) is 10.4. The molecular formula is C15H16N6. The van der Waals surface area contributed by atoms with E-state index in [4.69, 9.17) is 0 Å². The molecule has 6 heteroatoms. The maximum atomic E-state index is 4.37. The van der Waals surface area contributed by atoms with Crippen molar-refractivity contribution < 1.29 is 0 Å². The van der Waals surface area contributed by atoms with Gasteiger partial charge in [0.15, 0.2) is 5.82 Å². The number of nitrogens with one attached hydrogen (secondary N) is 2. The van der Waals surface area contributed by atoms with E-state index in [0.717, 1.165) is 28.6 Å². The molecule has 3 aromatic rings. The van der Waals surface area contributed by atoms with Gasteiger partial charge in [-0.15, -0.1) is 0 Å². The van der Waals surface area contributed by atoms with E-state index >= 15 is 0 Å². The van der Waals surface area contributed by atoms with Gasteiger partial charge in [0.1, 0.15) is 11.6 Å². The molecule has 0 fully saturated rings. The summed E-state index contributed by atoms with van der Waals surface area (Å²) in [7, 11) is 0. The number of nitrogens with zero attached hydrogens (tertiary/aromatic N) is 4. The third-order valence-electron chi connectivity index (χ3n) is 3.03. The summed E-state index contributed by atoms with van der Waals surface area (Å²) in [6, 6.07) is 9.91. The first-order chi connectivity index (χ1) is 10.2. The molecule has 0 bridgehead atoms. The fraction of sp³-hybridized carbons (Fsp3) is 0.200. The van der Waals surface area contributed by atoms with E-state index in [2.05, 4.69) is 30.5 Å². The number of hydrogen-bond donors (Lipinski definition) is 2. The fourth-order valence-electron chi connectivity index (χ4n) is 2.04. The molecule has 0 saturated carbocycles. The summed E-state index contributed by atoms with van der Waals surface area (Å²) in [6.45, 7) is 4.42. The molecule has 2 heterocycles. The summed E-state index contributed by atoms with van der Waals surface area (Å²) in [4.78, 5) is 12.8.